The summed E-state index contributed by atoms with van der Waals surface area (Å²) in [6.45, 7) is 3.44. The molecule has 8 nitrogen and oxygen atoms in total. The lowest BCUT2D eigenvalue weighted by molar-refractivity contribution is -0.148. The molecule has 0 atom stereocenters. The molecule has 1 aromatic carbocycles. The molecule has 0 aliphatic heterocycles. The number of carboxylic acid groups (broad SMARTS) is 1. The van der Waals surface area contributed by atoms with Gasteiger partial charge in [-0.25, -0.2) is 14.4 Å². The molecule has 1 fully saturated rings. The van der Waals surface area contributed by atoms with Gasteiger partial charge in [-0.05, 0) is 56.5 Å². The maximum Gasteiger partial charge on any atom is 0.416 e. The van der Waals surface area contributed by atoms with Crippen LogP contribution in [0.5, 0.6) is 5.75 Å². The number of benzene rings is 1. The highest BCUT2D eigenvalue weighted by molar-refractivity contribution is 5.71. The summed E-state index contributed by atoms with van der Waals surface area (Å²) in [7, 11) is 0. The molecule has 0 bridgehead atoms. The zero-order valence-electron chi connectivity index (χ0n) is 18.6. The molecular weight excluding hydrogens is 472 g/mol. The van der Waals surface area contributed by atoms with Crippen molar-refractivity contribution in [1.82, 2.24) is 14.5 Å². The van der Waals surface area contributed by atoms with Crippen molar-refractivity contribution in [3.8, 4) is 11.6 Å². The van der Waals surface area contributed by atoms with E-state index in [1.54, 1.807) is 19.9 Å². The highest BCUT2D eigenvalue weighted by Gasteiger charge is 2.36. The van der Waals surface area contributed by atoms with Crippen LogP contribution in [0.25, 0.3) is 5.82 Å². The second-order valence-electron chi connectivity index (χ2n) is 8.23. The van der Waals surface area contributed by atoms with Crippen molar-refractivity contribution in [3.63, 3.8) is 0 Å². The number of hydrogen-bond donors (Lipinski definition) is 2. The molecule has 2 heterocycles. The van der Waals surface area contributed by atoms with Gasteiger partial charge in [0.25, 0.3) is 5.56 Å². The minimum absolute atomic E-state index is 0.229. The van der Waals surface area contributed by atoms with Crippen LogP contribution < -0.4 is 15.6 Å². The third-order valence-electron chi connectivity index (χ3n) is 5.68. The van der Waals surface area contributed by atoms with E-state index in [4.69, 9.17) is 9.84 Å². The van der Waals surface area contributed by atoms with Gasteiger partial charge in [-0.3, -0.25) is 14.2 Å². The first-order valence-electron chi connectivity index (χ1n) is 10.5. The van der Waals surface area contributed by atoms with Crippen molar-refractivity contribution < 1.29 is 32.2 Å². The summed E-state index contributed by atoms with van der Waals surface area (Å²) in [4.78, 5) is 32.2. The van der Waals surface area contributed by atoms with Gasteiger partial charge in [0.05, 0.1) is 22.9 Å². The Labute approximate surface area is 196 Å². The Kier molecular flexibility index (Phi) is 6.22. The van der Waals surface area contributed by atoms with Gasteiger partial charge in [0.1, 0.15) is 23.5 Å². The standard InChI is InChI=1S/C23H20F4N4O4/c1-11-7-18(29-12(2)19(11)35-15-8-13(9-15)22(33)34)31-6-5-28-20(21(31)32)30-17-4-3-14(10-16(17)24)23(25,26)27/h3-7,10,13,15H,8-9H2,1-2H3,(H,28,30)(H,33,34). The topological polar surface area (TPSA) is 106 Å². The van der Waals surface area contributed by atoms with E-state index in [0.717, 1.165) is 10.6 Å². The summed E-state index contributed by atoms with van der Waals surface area (Å²) in [6.07, 6.45) is -1.53. The Morgan fingerprint density at radius 3 is 2.54 bits per heavy atom. The fourth-order valence-electron chi connectivity index (χ4n) is 3.73. The number of rotatable bonds is 6. The number of halogens is 4. The number of aryl methyl sites for hydroxylation is 2. The number of alkyl halides is 3. The summed E-state index contributed by atoms with van der Waals surface area (Å²) < 4.78 is 59.6. The molecule has 12 heteroatoms. The average molecular weight is 492 g/mol. The smallest absolute Gasteiger partial charge is 0.416 e. The minimum Gasteiger partial charge on any atom is -0.488 e. The number of carboxylic acids is 1. The van der Waals surface area contributed by atoms with Gasteiger partial charge in [-0.2, -0.15) is 13.2 Å². The molecule has 0 spiro atoms. The molecule has 0 radical (unpaired) electrons. The summed E-state index contributed by atoms with van der Waals surface area (Å²) in [5.74, 6) is -2.06. The van der Waals surface area contributed by atoms with Crippen molar-refractivity contribution in [2.45, 2.75) is 39.0 Å². The number of anilines is 2. The number of nitrogens with one attached hydrogen (secondary N) is 1. The number of aromatic nitrogens is 3. The molecular formula is C23H20F4N4O4. The predicted octanol–water partition coefficient (Wildman–Crippen LogP) is 4.39. The molecule has 0 amide bonds. The Morgan fingerprint density at radius 1 is 1.23 bits per heavy atom. The predicted molar refractivity (Wildman–Crippen MR) is 117 cm³/mol. The quantitative estimate of drug-likeness (QED) is 0.492. The highest BCUT2D eigenvalue weighted by Crippen LogP contribution is 2.34. The molecule has 4 rings (SSSR count). The van der Waals surface area contributed by atoms with E-state index in [1.165, 1.54) is 12.4 Å². The first kappa shape index (κ1) is 24.2. The van der Waals surface area contributed by atoms with Crippen LogP contribution in [-0.2, 0) is 11.0 Å². The largest absolute Gasteiger partial charge is 0.488 e. The van der Waals surface area contributed by atoms with Crippen molar-refractivity contribution >= 4 is 17.5 Å². The first-order chi connectivity index (χ1) is 16.4. The summed E-state index contributed by atoms with van der Waals surface area (Å²) in [5, 5.41) is 11.5. The van der Waals surface area contributed by atoms with Crippen LogP contribution in [0.4, 0.5) is 29.1 Å². The molecule has 1 saturated carbocycles. The number of pyridine rings is 1. The molecule has 2 aromatic heterocycles. The van der Waals surface area contributed by atoms with Crippen molar-refractivity contribution in [3.05, 3.63) is 69.7 Å². The van der Waals surface area contributed by atoms with Crippen LogP contribution in [0.15, 0.2) is 41.5 Å². The fraction of sp³-hybridized carbons (Fsp3) is 0.304. The van der Waals surface area contributed by atoms with Crippen LogP contribution >= 0.6 is 0 Å². The lowest BCUT2D eigenvalue weighted by Crippen LogP contribution is -2.38. The molecule has 2 N–H and O–H groups in total. The van der Waals surface area contributed by atoms with Gasteiger partial charge >= 0.3 is 12.1 Å². The van der Waals surface area contributed by atoms with Crippen molar-refractivity contribution in [2.24, 2.45) is 5.92 Å². The van der Waals surface area contributed by atoms with Crippen LogP contribution in [0.3, 0.4) is 0 Å². The van der Waals surface area contributed by atoms with E-state index in [9.17, 15) is 27.2 Å². The van der Waals surface area contributed by atoms with Gasteiger partial charge in [0.2, 0.25) is 0 Å². The maximum absolute atomic E-state index is 14.2. The molecule has 0 saturated heterocycles. The zero-order valence-corrected chi connectivity index (χ0v) is 18.6. The van der Waals surface area contributed by atoms with E-state index in [1.807, 2.05) is 0 Å². The molecule has 1 aliphatic carbocycles. The summed E-state index contributed by atoms with van der Waals surface area (Å²) >= 11 is 0. The molecule has 1 aliphatic rings. The van der Waals surface area contributed by atoms with Gasteiger partial charge in [-0.1, -0.05) is 0 Å². The number of nitrogens with zero attached hydrogens (tertiary/aromatic N) is 3. The van der Waals surface area contributed by atoms with Crippen LogP contribution in [-0.4, -0.2) is 31.7 Å². The maximum atomic E-state index is 14.2. The zero-order chi connectivity index (χ0) is 25.5. The second-order valence-corrected chi connectivity index (χ2v) is 8.23. The summed E-state index contributed by atoms with van der Waals surface area (Å²) in [5.41, 5.74) is -1.06. The molecule has 3 aromatic rings. The second kappa shape index (κ2) is 9.01. The minimum atomic E-state index is -4.70. The molecule has 35 heavy (non-hydrogen) atoms. The third kappa shape index (κ3) is 4.96. The SMILES string of the molecule is Cc1cc(-n2ccnc(Nc3ccc(C(F)(F)F)cc3F)c2=O)nc(C)c1OC1CC(C(=O)O)C1. The monoisotopic (exact) mass is 492 g/mol. The number of ether oxygens (including phenoxy) is 1. The van der Waals surface area contributed by atoms with Gasteiger partial charge in [0, 0.05) is 12.4 Å². The van der Waals surface area contributed by atoms with Crippen molar-refractivity contribution in [1.29, 1.82) is 0 Å². The Hall–Kier alpha value is -3.96. The Bertz CT molecular complexity index is 1330. The van der Waals surface area contributed by atoms with Crippen LogP contribution in [0.1, 0.15) is 29.7 Å². The average Bonchev–Trinajstić information content (AvgIpc) is 2.73. The lowest BCUT2D eigenvalue weighted by atomic mass is 9.82. The van der Waals surface area contributed by atoms with E-state index in [2.05, 4.69) is 15.3 Å². The number of hydrogen-bond acceptors (Lipinski definition) is 6. The van der Waals surface area contributed by atoms with Crippen LogP contribution in [0, 0.1) is 25.6 Å². The van der Waals surface area contributed by atoms with E-state index in [0.29, 0.717) is 42.0 Å². The third-order valence-corrected chi connectivity index (χ3v) is 5.68. The van der Waals surface area contributed by atoms with Gasteiger partial charge < -0.3 is 15.2 Å². The summed E-state index contributed by atoms with van der Waals surface area (Å²) in [6, 6.07) is 3.50. The van der Waals surface area contributed by atoms with E-state index >= 15 is 0 Å². The van der Waals surface area contributed by atoms with Crippen molar-refractivity contribution in [2.75, 3.05) is 5.32 Å². The molecule has 0 unspecified atom stereocenters. The highest BCUT2D eigenvalue weighted by atomic mass is 19.4. The lowest BCUT2D eigenvalue weighted by Gasteiger charge is -2.33. The van der Waals surface area contributed by atoms with E-state index < -0.39 is 35.0 Å². The Balaban J connectivity index is 1.58. The van der Waals surface area contributed by atoms with Crippen LogP contribution in [0.2, 0.25) is 0 Å². The van der Waals surface area contributed by atoms with E-state index in [-0.39, 0.29) is 23.4 Å². The normalized spacial score (nSPS) is 17.5. The fourth-order valence-corrected chi connectivity index (χ4v) is 3.73. The first-order valence-corrected chi connectivity index (χ1v) is 10.5. The Morgan fingerprint density at radius 2 is 1.94 bits per heavy atom. The van der Waals surface area contributed by atoms with Gasteiger partial charge in [0.15, 0.2) is 5.82 Å². The molecule has 184 valence electrons. The number of carbonyl (C=O) groups is 1. The number of aliphatic carboxylic acids is 1. The van der Waals surface area contributed by atoms with Gasteiger partial charge in [-0.15, -0.1) is 0 Å².